The average molecular weight is 423 g/mol. The molecule has 0 aromatic carbocycles. The van der Waals surface area contributed by atoms with Crippen LogP contribution >= 0.6 is 0 Å². The van der Waals surface area contributed by atoms with E-state index in [1.807, 2.05) is 6.20 Å². The van der Waals surface area contributed by atoms with E-state index >= 15 is 0 Å². The van der Waals surface area contributed by atoms with E-state index in [1.54, 1.807) is 37.5 Å². The number of hydrogen-bond donors (Lipinski definition) is 1. The summed E-state index contributed by atoms with van der Waals surface area (Å²) in [6.45, 7) is 16.7. The molecule has 0 atom stereocenters. The van der Waals surface area contributed by atoms with Crippen LogP contribution in [0.1, 0.15) is 73.3 Å². The van der Waals surface area contributed by atoms with Crippen LogP contribution in [0.2, 0.25) is 18.1 Å². The Morgan fingerprint density at radius 3 is 2.21 bits per heavy atom. The predicted octanol–water partition coefficient (Wildman–Crippen LogP) is 5.70. The second-order valence-electron chi connectivity index (χ2n) is 10.6. The Kier molecular flexibility index (Phi) is 7.05. The minimum absolute atomic E-state index is 0.127. The predicted molar refractivity (Wildman–Crippen MR) is 120 cm³/mol. The van der Waals surface area contributed by atoms with Crippen LogP contribution in [0.4, 0.5) is 10.5 Å². The molecule has 1 saturated carbocycles. The Morgan fingerprint density at radius 1 is 1.10 bits per heavy atom. The first kappa shape index (κ1) is 23.7. The lowest BCUT2D eigenvalue weighted by atomic mass is 9.93. The number of pyridine rings is 1. The molecule has 164 valence electrons. The lowest BCUT2D eigenvalue weighted by molar-refractivity contribution is 0.0635. The monoisotopic (exact) mass is 422 g/mol. The summed E-state index contributed by atoms with van der Waals surface area (Å²) in [6, 6.07) is 3.54. The summed E-state index contributed by atoms with van der Waals surface area (Å²) < 4.78 is 13.6. The zero-order valence-electron chi connectivity index (χ0n) is 19.3. The fourth-order valence-corrected chi connectivity index (χ4v) is 4.76. The van der Waals surface area contributed by atoms with E-state index in [0.717, 1.165) is 25.7 Å². The number of rotatable bonds is 4. The van der Waals surface area contributed by atoms with E-state index in [9.17, 15) is 9.59 Å². The van der Waals surface area contributed by atoms with Crippen LogP contribution in [0.3, 0.4) is 0 Å². The number of ether oxygens (including phenoxy) is 1. The summed E-state index contributed by atoms with van der Waals surface area (Å²) >= 11 is 0. The highest BCUT2D eigenvalue weighted by atomic mass is 28.4. The largest absolute Gasteiger partial charge is 0.444 e. The molecule has 7 heteroatoms. The van der Waals surface area contributed by atoms with Gasteiger partial charge in [0.25, 0.3) is 5.56 Å². The van der Waals surface area contributed by atoms with Crippen molar-refractivity contribution in [3.05, 3.63) is 28.7 Å². The molecule has 6 nitrogen and oxygen atoms in total. The maximum Gasteiger partial charge on any atom is 0.412 e. The number of hydrogen-bond acceptors (Lipinski definition) is 4. The van der Waals surface area contributed by atoms with Crippen molar-refractivity contribution in [2.45, 2.75) is 103 Å². The van der Waals surface area contributed by atoms with Gasteiger partial charge in [-0.15, -0.1) is 0 Å². The number of anilines is 1. The van der Waals surface area contributed by atoms with E-state index in [-0.39, 0.29) is 28.4 Å². The van der Waals surface area contributed by atoms with Gasteiger partial charge in [0.2, 0.25) is 0 Å². The van der Waals surface area contributed by atoms with Crippen molar-refractivity contribution in [1.82, 2.24) is 4.57 Å². The molecule has 0 bridgehead atoms. The third kappa shape index (κ3) is 6.44. The normalized spacial score (nSPS) is 21.0. The standard InChI is InChI=1S/C22H38N2O4Si/c1-21(2,3)27-20(26)23-18-10-9-15-24(19(18)25)16-11-13-17(14-12-16)28-29(7,8)22(4,5)6/h9-10,15-17H,11-14H2,1-8H3,(H,23,26). The third-order valence-corrected chi connectivity index (χ3v) is 10.4. The molecule has 1 N–H and O–H groups in total. The Balaban J connectivity index is 2.03. The number of carbonyl (C=O) groups excluding carboxylic acids is 1. The van der Waals surface area contributed by atoms with Crippen LogP contribution in [0, 0.1) is 0 Å². The summed E-state index contributed by atoms with van der Waals surface area (Å²) in [5, 5.41) is 2.79. The molecule has 1 heterocycles. The average Bonchev–Trinajstić information content (AvgIpc) is 2.54. The van der Waals surface area contributed by atoms with Gasteiger partial charge in [0.1, 0.15) is 11.3 Å². The van der Waals surface area contributed by atoms with Crippen LogP contribution in [0.15, 0.2) is 23.1 Å². The molecule has 1 aliphatic carbocycles. The van der Waals surface area contributed by atoms with Gasteiger partial charge in [-0.2, -0.15) is 0 Å². The topological polar surface area (TPSA) is 69.6 Å². The Labute approximate surface area is 176 Å². The van der Waals surface area contributed by atoms with Crippen LogP contribution < -0.4 is 10.9 Å². The SMILES string of the molecule is CC(C)(C)OC(=O)Nc1cccn(C2CCC(O[Si](C)(C)C(C)(C)C)CC2)c1=O. The molecule has 1 aliphatic rings. The van der Waals surface area contributed by atoms with E-state index in [4.69, 9.17) is 9.16 Å². The zero-order valence-corrected chi connectivity index (χ0v) is 20.3. The molecule has 1 amide bonds. The van der Waals surface area contributed by atoms with E-state index < -0.39 is 20.0 Å². The van der Waals surface area contributed by atoms with Crippen LogP contribution in [0.5, 0.6) is 0 Å². The summed E-state index contributed by atoms with van der Waals surface area (Å²) in [7, 11) is -1.78. The molecule has 1 aromatic rings. The fourth-order valence-electron chi connectivity index (χ4n) is 3.34. The number of nitrogens with zero attached hydrogens (tertiary/aromatic N) is 1. The molecule has 0 spiro atoms. The van der Waals surface area contributed by atoms with E-state index in [2.05, 4.69) is 39.2 Å². The molecule has 2 rings (SSSR count). The second kappa shape index (κ2) is 8.64. The zero-order chi connectivity index (χ0) is 22.0. The van der Waals surface area contributed by atoms with Crippen LogP contribution in [-0.4, -0.2) is 30.7 Å². The first-order valence-electron chi connectivity index (χ1n) is 10.6. The Morgan fingerprint density at radius 2 is 1.69 bits per heavy atom. The molecule has 0 unspecified atom stereocenters. The van der Waals surface area contributed by atoms with Crippen molar-refractivity contribution in [2.24, 2.45) is 0 Å². The molecule has 1 fully saturated rings. The lowest BCUT2D eigenvalue weighted by Crippen LogP contribution is -2.45. The molecular formula is C22H38N2O4Si. The van der Waals surface area contributed by atoms with Crippen LogP contribution in [-0.2, 0) is 9.16 Å². The fraction of sp³-hybridized carbons (Fsp3) is 0.727. The van der Waals surface area contributed by atoms with Crippen molar-refractivity contribution < 1.29 is 14.0 Å². The number of carbonyl (C=O) groups is 1. The van der Waals surface area contributed by atoms with Gasteiger partial charge >= 0.3 is 6.09 Å². The van der Waals surface area contributed by atoms with Gasteiger partial charge in [0.15, 0.2) is 8.32 Å². The van der Waals surface area contributed by atoms with Crippen molar-refractivity contribution in [3.8, 4) is 0 Å². The number of aromatic nitrogens is 1. The molecule has 0 radical (unpaired) electrons. The van der Waals surface area contributed by atoms with E-state index in [1.165, 1.54) is 0 Å². The summed E-state index contributed by atoms with van der Waals surface area (Å²) in [5.74, 6) is 0. The van der Waals surface area contributed by atoms with Gasteiger partial charge < -0.3 is 13.7 Å². The minimum atomic E-state index is -1.78. The van der Waals surface area contributed by atoms with Gasteiger partial charge in [-0.25, -0.2) is 4.79 Å². The smallest absolute Gasteiger partial charge is 0.412 e. The third-order valence-electron chi connectivity index (χ3n) is 5.91. The van der Waals surface area contributed by atoms with Crippen molar-refractivity contribution >= 4 is 20.1 Å². The highest BCUT2D eigenvalue weighted by molar-refractivity contribution is 6.74. The summed E-state index contributed by atoms with van der Waals surface area (Å²) in [4.78, 5) is 24.9. The Hall–Kier alpha value is -1.60. The minimum Gasteiger partial charge on any atom is -0.444 e. The molecule has 1 aromatic heterocycles. The highest BCUT2D eigenvalue weighted by Crippen LogP contribution is 2.40. The first-order chi connectivity index (χ1) is 13.2. The van der Waals surface area contributed by atoms with Crippen LogP contribution in [0.25, 0.3) is 0 Å². The molecular weight excluding hydrogens is 384 g/mol. The quantitative estimate of drug-likeness (QED) is 0.632. The molecule has 0 saturated heterocycles. The second-order valence-corrected chi connectivity index (χ2v) is 15.3. The summed E-state index contributed by atoms with van der Waals surface area (Å²) in [6.07, 6.45) is 5.16. The number of amides is 1. The summed E-state index contributed by atoms with van der Waals surface area (Å²) in [5.41, 5.74) is -0.547. The maximum atomic E-state index is 12.9. The van der Waals surface area contributed by atoms with Gasteiger partial charge in [-0.1, -0.05) is 20.8 Å². The van der Waals surface area contributed by atoms with Gasteiger partial charge in [-0.3, -0.25) is 10.1 Å². The van der Waals surface area contributed by atoms with Crippen molar-refractivity contribution in [2.75, 3.05) is 5.32 Å². The first-order valence-corrected chi connectivity index (χ1v) is 13.5. The van der Waals surface area contributed by atoms with Crippen molar-refractivity contribution in [3.63, 3.8) is 0 Å². The maximum absolute atomic E-state index is 12.9. The highest BCUT2D eigenvalue weighted by Gasteiger charge is 2.40. The molecule has 0 aliphatic heterocycles. The van der Waals surface area contributed by atoms with Gasteiger partial charge in [0.05, 0.1) is 0 Å². The van der Waals surface area contributed by atoms with Gasteiger partial charge in [0, 0.05) is 18.3 Å². The Bertz CT molecular complexity index is 766. The van der Waals surface area contributed by atoms with E-state index in [0.29, 0.717) is 0 Å². The van der Waals surface area contributed by atoms with Crippen molar-refractivity contribution in [1.29, 1.82) is 0 Å². The van der Waals surface area contributed by atoms with Gasteiger partial charge in [-0.05, 0) is 76.7 Å². The number of nitrogens with one attached hydrogen (secondary N) is 1. The molecule has 29 heavy (non-hydrogen) atoms. The lowest BCUT2D eigenvalue weighted by Gasteiger charge is -2.41.